The minimum atomic E-state index is -1.39. The second kappa shape index (κ2) is 13.7. The summed E-state index contributed by atoms with van der Waals surface area (Å²) in [6, 6.07) is 7.81. The summed E-state index contributed by atoms with van der Waals surface area (Å²) in [6.45, 7) is -0.915. The monoisotopic (exact) mass is 558 g/mol. The number of hydrogen-bond donors (Lipinski definition) is 8. The Bertz CT molecular complexity index is 682. The number of aliphatic hydroxyl groups excluding tert-OH is 8. The van der Waals surface area contributed by atoms with Crippen LogP contribution in [0, 0.1) is 0 Å². The van der Waals surface area contributed by atoms with Crippen LogP contribution in [0.3, 0.4) is 0 Å². The molecule has 10 atom stereocenters. The van der Waals surface area contributed by atoms with Gasteiger partial charge in [-0.3, -0.25) is 0 Å². The third-order valence-corrected chi connectivity index (χ3v) is 10.5. The van der Waals surface area contributed by atoms with Gasteiger partial charge in [0, 0.05) is 11.5 Å². The molecule has 2 saturated heterocycles. The van der Waals surface area contributed by atoms with Gasteiger partial charge in [0.25, 0.3) is 0 Å². The average Bonchev–Trinajstić information content (AvgIpc) is 2.85. The van der Waals surface area contributed by atoms with E-state index in [1.54, 1.807) is 0 Å². The van der Waals surface area contributed by atoms with Gasteiger partial charge in [0.05, 0.1) is 13.2 Å². The van der Waals surface area contributed by atoms with E-state index in [9.17, 15) is 40.9 Å². The van der Waals surface area contributed by atoms with Gasteiger partial charge >= 0.3 is 0 Å². The maximum Gasteiger partial charge on any atom is 0.142 e. The lowest BCUT2D eigenvalue weighted by Gasteiger charge is -2.39. The molecule has 0 saturated carbocycles. The van der Waals surface area contributed by atoms with E-state index in [0.717, 1.165) is 11.1 Å². The zero-order valence-electron chi connectivity index (χ0n) is 17.9. The van der Waals surface area contributed by atoms with Crippen molar-refractivity contribution in [2.75, 3.05) is 13.2 Å². The lowest BCUT2D eigenvalue weighted by atomic mass is 10.0. The lowest BCUT2D eigenvalue weighted by Crippen LogP contribution is -2.57. The van der Waals surface area contributed by atoms with E-state index in [1.807, 2.05) is 24.3 Å². The lowest BCUT2D eigenvalue weighted by molar-refractivity contribution is -0.205. The van der Waals surface area contributed by atoms with Gasteiger partial charge in [-0.1, -0.05) is 67.4 Å². The molecule has 0 aliphatic carbocycles. The fraction of sp³-hybridized carbons (Fsp3) is 0.700. The molecule has 0 bridgehead atoms. The SMILES string of the molecule is OC[C@H]1O[C@@H](SSCc2ccc(CSS[C@@H]3O[C@H](CO)[C@@H](O)[C@H](O)[C@H]3O)cc2)[C@H](O)[C@@H](O)[C@@H]1O. The molecule has 1 aromatic carbocycles. The summed E-state index contributed by atoms with van der Waals surface area (Å²) in [5.41, 5.74) is 0.487. The van der Waals surface area contributed by atoms with Gasteiger partial charge in [-0.05, 0) is 11.1 Å². The van der Waals surface area contributed by atoms with Crippen LogP contribution in [0.5, 0.6) is 0 Å². The smallest absolute Gasteiger partial charge is 0.142 e. The molecule has 0 unspecified atom stereocenters. The third kappa shape index (κ3) is 7.16. The maximum atomic E-state index is 10.1. The molecular formula is C20H30O10S4. The first kappa shape index (κ1) is 28.8. The highest BCUT2D eigenvalue weighted by atomic mass is 33.1. The summed E-state index contributed by atoms with van der Waals surface area (Å²) in [7, 11) is 5.28. The van der Waals surface area contributed by atoms with Crippen LogP contribution in [-0.4, -0.2) is 114 Å². The van der Waals surface area contributed by atoms with Gasteiger partial charge in [0.1, 0.15) is 59.7 Å². The summed E-state index contributed by atoms with van der Waals surface area (Å²) >= 11 is 0. The zero-order valence-corrected chi connectivity index (χ0v) is 21.2. The van der Waals surface area contributed by atoms with Crippen LogP contribution in [-0.2, 0) is 21.0 Å². The van der Waals surface area contributed by atoms with Crippen LogP contribution in [0.4, 0.5) is 0 Å². The van der Waals surface area contributed by atoms with Crippen LogP contribution < -0.4 is 0 Å². The largest absolute Gasteiger partial charge is 0.394 e. The van der Waals surface area contributed by atoms with Crippen molar-refractivity contribution in [3.05, 3.63) is 35.4 Å². The van der Waals surface area contributed by atoms with Crippen molar-refractivity contribution in [2.45, 2.75) is 71.2 Å². The first-order valence-corrected chi connectivity index (χ1v) is 15.3. The Labute approximate surface area is 212 Å². The Hall–Kier alpha value is 0.220. The molecule has 34 heavy (non-hydrogen) atoms. The van der Waals surface area contributed by atoms with Gasteiger partial charge in [-0.25, -0.2) is 0 Å². The minimum absolute atomic E-state index is 0.458. The highest BCUT2D eigenvalue weighted by Gasteiger charge is 2.44. The van der Waals surface area contributed by atoms with Crippen molar-refractivity contribution < 1.29 is 50.3 Å². The Kier molecular flexibility index (Phi) is 11.6. The quantitative estimate of drug-likeness (QED) is 0.165. The Balaban J connectivity index is 1.40. The molecule has 2 aliphatic rings. The second-order valence-corrected chi connectivity index (χ2v) is 12.9. The third-order valence-electron chi connectivity index (χ3n) is 5.50. The van der Waals surface area contributed by atoms with Gasteiger partial charge < -0.3 is 50.3 Å². The molecule has 8 N–H and O–H groups in total. The van der Waals surface area contributed by atoms with Gasteiger partial charge in [0.15, 0.2) is 0 Å². The molecule has 0 aromatic heterocycles. The topological polar surface area (TPSA) is 180 Å². The first-order chi connectivity index (χ1) is 16.3. The summed E-state index contributed by atoms with van der Waals surface area (Å²) in [5, 5.41) is 78.1. The molecule has 3 rings (SSSR count). The Morgan fingerprint density at radius 3 is 1.24 bits per heavy atom. The van der Waals surface area contributed by atoms with E-state index in [1.165, 1.54) is 43.2 Å². The van der Waals surface area contributed by atoms with Crippen molar-refractivity contribution in [1.29, 1.82) is 0 Å². The summed E-state index contributed by atoms with van der Waals surface area (Å²) in [6.07, 6.45) is -9.89. The Morgan fingerprint density at radius 1 is 0.559 bits per heavy atom. The van der Waals surface area contributed by atoms with Crippen molar-refractivity contribution in [3.63, 3.8) is 0 Å². The molecule has 0 amide bonds. The molecule has 14 heteroatoms. The number of rotatable bonds is 10. The van der Waals surface area contributed by atoms with E-state index < -0.39 is 72.9 Å². The molecule has 0 radical (unpaired) electrons. The van der Waals surface area contributed by atoms with Crippen molar-refractivity contribution in [2.24, 2.45) is 0 Å². The molecule has 1 aromatic rings. The molecule has 2 aliphatic heterocycles. The highest BCUT2D eigenvalue weighted by Crippen LogP contribution is 2.39. The number of ether oxygens (including phenoxy) is 2. The van der Waals surface area contributed by atoms with E-state index in [-0.39, 0.29) is 0 Å². The van der Waals surface area contributed by atoms with Crippen LogP contribution in [0.1, 0.15) is 11.1 Å². The predicted molar refractivity (Wildman–Crippen MR) is 132 cm³/mol. The van der Waals surface area contributed by atoms with Gasteiger partial charge in [-0.2, -0.15) is 0 Å². The van der Waals surface area contributed by atoms with E-state index in [2.05, 4.69) is 0 Å². The van der Waals surface area contributed by atoms with Crippen LogP contribution in [0.25, 0.3) is 0 Å². The molecule has 2 fully saturated rings. The molecule has 194 valence electrons. The molecule has 10 nitrogen and oxygen atoms in total. The van der Waals surface area contributed by atoms with Gasteiger partial charge in [-0.15, -0.1) is 0 Å². The first-order valence-electron chi connectivity index (χ1n) is 10.5. The van der Waals surface area contributed by atoms with Crippen LogP contribution in [0.15, 0.2) is 24.3 Å². The fourth-order valence-corrected chi connectivity index (χ4v) is 8.34. The molecular weight excluding hydrogens is 528 g/mol. The standard InChI is InChI=1S/C20H30O10S4/c21-5-11-13(23)15(25)17(27)19(29-11)33-31-7-9-1-2-10(4-3-9)8-32-34-20-18(28)16(26)14(24)12(6-22)30-20/h1-4,11-28H,5-8H2/t11-,12-,13-,14-,15+,16+,17-,18-,19+,20+/m1/s1. The Morgan fingerprint density at radius 2 is 0.912 bits per heavy atom. The van der Waals surface area contributed by atoms with E-state index >= 15 is 0 Å². The fourth-order valence-electron chi connectivity index (χ4n) is 3.36. The van der Waals surface area contributed by atoms with Gasteiger partial charge in [0.2, 0.25) is 0 Å². The van der Waals surface area contributed by atoms with Crippen molar-refractivity contribution >= 4 is 43.2 Å². The predicted octanol–water partition coefficient (Wildman–Crippen LogP) is -0.951. The average molecular weight is 559 g/mol. The maximum absolute atomic E-state index is 10.1. The van der Waals surface area contributed by atoms with Crippen LogP contribution in [0.2, 0.25) is 0 Å². The number of aliphatic hydroxyl groups is 8. The van der Waals surface area contributed by atoms with Crippen molar-refractivity contribution in [3.8, 4) is 0 Å². The molecule has 2 heterocycles. The highest BCUT2D eigenvalue weighted by molar-refractivity contribution is 8.76. The van der Waals surface area contributed by atoms with E-state index in [0.29, 0.717) is 11.5 Å². The summed E-state index contributed by atoms with van der Waals surface area (Å²) in [5.74, 6) is 1.21. The normalized spacial score (nSPS) is 38.7. The van der Waals surface area contributed by atoms with Crippen LogP contribution >= 0.6 is 43.2 Å². The minimum Gasteiger partial charge on any atom is -0.394 e. The number of hydrogen-bond acceptors (Lipinski definition) is 14. The zero-order chi connectivity index (χ0) is 24.8. The number of benzene rings is 1. The van der Waals surface area contributed by atoms with Crippen molar-refractivity contribution in [1.82, 2.24) is 0 Å². The summed E-state index contributed by atoms with van der Waals surface area (Å²) in [4.78, 5) is 0. The second-order valence-electron chi connectivity index (χ2n) is 7.93. The van der Waals surface area contributed by atoms with E-state index in [4.69, 9.17) is 9.47 Å². The molecule has 0 spiro atoms. The summed E-state index contributed by atoms with van der Waals surface area (Å²) < 4.78 is 10.9.